The fourth-order valence-corrected chi connectivity index (χ4v) is 7.61. The van der Waals surface area contributed by atoms with E-state index in [9.17, 15) is 19.8 Å². The first-order valence-corrected chi connectivity index (χ1v) is 12.1. The zero-order valence-electron chi connectivity index (χ0n) is 22.0. The van der Waals surface area contributed by atoms with Crippen molar-refractivity contribution in [2.45, 2.75) is 103 Å². The fourth-order valence-electron chi connectivity index (χ4n) is 7.61. The van der Waals surface area contributed by atoms with Crippen LogP contribution in [0.2, 0.25) is 0 Å². The Bertz CT molecular complexity index is 694. The van der Waals surface area contributed by atoms with Crippen LogP contribution in [0.1, 0.15) is 81.1 Å². The van der Waals surface area contributed by atoms with Gasteiger partial charge in [-0.05, 0) is 92.9 Å². The molecular formula is C27H44N2O4-2. The van der Waals surface area contributed by atoms with Crippen LogP contribution in [-0.4, -0.2) is 57.0 Å². The van der Waals surface area contributed by atoms with E-state index in [2.05, 4.69) is 78.3 Å². The van der Waals surface area contributed by atoms with E-state index in [0.29, 0.717) is 38.8 Å². The van der Waals surface area contributed by atoms with Crippen molar-refractivity contribution in [3.05, 3.63) is 25.3 Å². The van der Waals surface area contributed by atoms with Crippen molar-refractivity contribution in [3.63, 3.8) is 0 Å². The Morgan fingerprint density at radius 2 is 0.970 bits per heavy atom. The van der Waals surface area contributed by atoms with Gasteiger partial charge in [-0.25, -0.2) is 0 Å². The number of carbonyl (C=O) groups is 2. The molecule has 188 valence electrons. The highest BCUT2D eigenvalue weighted by atomic mass is 16.4. The van der Waals surface area contributed by atoms with Crippen LogP contribution in [0.4, 0.5) is 0 Å². The Balaban J connectivity index is 2.64. The average molecular weight is 461 g/mol. The summed E-state index contributed by atoms with van der Waals surface area (Å²) in [5.41, 5.74) is -3.71. The van der Waals surface area contributed by atoms with Gasteiger partial charge in [0.1, 0.15) is 0 Å². The van der Waals surface area contributed by atoms with Gasteiger partial charge in [0.15, 0.2) is 0 Å². The summed E-state index contributed by atoms with van der Waals surface area (Å²) in [6.07, 6.45) is 5.41. The third-order valence-electron chi connectivity index (χ3n) is 8.49. The molecule has 2 saturated heterocycles. The summed E-state index contributed by atoms with van der Waals surface area (Å²) in [6.45, 7) is 25.5. The van der Waals surface area contributed by atoms with Crippen molar-refractivity contribution in [3.8, 4) is 0 Å². The minimum absolute atomic E-state index is 0.411. The van der Waals surface area contributed by atoms with Gasteiger partial charge in [0.25, 0.3) is 0 Å². The molecule has 0 aromatic heterocycles. The minimum Gasteiger partial charge on any atom is -0.549 e. The maximum Gasteiger partial charge on any atom is 0.0553 e. The van der Waals surface area contributed by atoms with Crippen molar-refractivity contribution in [1.29, 1.82) is 0 Å². The summed E-state index contributed by atoms with van der Waals surface area (Å²) >= 11 is 0. The zero-order chi connectivity index (χ0) is 25.6. The molecule has 2 aliphatic heterocycles. The van der Waals surface area contributed by atoms with Gasteiger partial charge in [-0.15, -0.1) is 13.2 Å². The second-order valence-electron chi connectivity index (χ2n) is 12.7. The van der Waals surface area contributed by atoms with E-state index in [1.54, 1.807) is 0 Å². The zero-order valence-corrected chi connectivity index (χ0v) is 22.0. The lowest BCUT2D eigenvalue weighted by Gasteiger charge is -2.64. The highest BCUT2D eigenvalue weighted by Gasteiger charge is 2.59. The summed E-state index contributed by atoms with van der Waals surface area (Å²) in [6, 6.07) is 0. The normalized spacial score (nSPS) is 25.9. The van der Waals surface area contributed by atoms with Crippen LogP contribution in [0.25, 0.3) is 0 Å². The first-order valence-electron chi connectivity index (χ1n) is 12.1. The number of rotatable bonds is 8. The topological polar surface area (TPSA) is 86.7 Å². The Morgan fingerprint density at radius 3 is 1.15 bits per heavy atom. The van der Waals surface area contributed by atoms with Gasteiger partial charge in [0.2, 0.25) is 0 Å². The molecule has 0 atom stereocenters. The first-order chi connectivity index (χ1) is 14.9. The molecule has 0 spiro atoms. The van der Waals surface area contributed by atoms with Crippen LogP contribution in [0.5, 0.6) is 0 Å². The lowest BCUT2D eigenvalue weighted by Crippen LogP contribution is -2.71. The number of hydrogen-bond donors (Lipinski definition) is 0. The molecule has 6 nitrogen and oxygen atoms in total. The third-order valence-corrected chi connectivity index (χ3v) is 8.49. The summed E-state index contributed by atoms with van der Waals surface area (Å²) in [4.78, 5) is 30.4. The molecule has 0 bridgehead atoms. The van der Waals surface area contributed by atoms with E-state index < -0.39 is 51.3 Å². The summed E-state index contributed by atoms with van der Waals surface area (Å²) in [7, 11) is 0. The largest absolute Gasteiger partial charge is 0.549 e. The van der Waals surface area contributed by atoms with Gasteiger partial charge < -0.3 is 19.8 Å². The van der Waals surface area contributed by atoms with Crippen molar-refractivity contribution in [2.24, 2.45) is 17.3 Å². The number of nitrogens with zero attached hydrogens (tertiary/aromatic N) is 2. The number of likely N-dealkylation sites (tertiary alicyclic amines) is 2. The van der Waals surface area contributed by atoms with Crippen LogP contribution in [0.15, 0.2) is 25.3 Å². The van der Waals surface area contributed by atoms with Gasteiger partial charge in [-0.1, -0.05) is 12.2 Å². The third kappa shape index (κ3) is 4.66. The monoisotopic (exact) mass is 460 g/mol. The Hall–Kier alpha value is -1.66. The van der Waals surface area contributed by atoms with E-state index in [1.807, 2.05) is 12.2 Å². The molecule has 0 saturated carbocycles. The van der Waals surface area contributed by atoms with Gasteiger partial charge in [-0.3, -0.25) is 9.80 Å². The van der Waals surface area contributed by atoms with Gasteiger partial charge in [-0.2, -0.15) is 0 Å². The predicted octanol–water partition coefficient (Wildman–Crippen LogP) is 2.38. The van der Waals surface area contributed by atoms with E-state index >= 15 is 0 Å². The lowest BCUT2D eigenvalue weighted by molar-refractivity contribution is -0.355. The van der Waals surface area contributed by atoms with Gasteiger partial charge >= 0.3 is 0 Å². The number of aliphatic carboxylic acids is 2. The molecule has 2 rings (SSSR count). The molecule has 6 heteroatoms. The second-order valence-corrected chi connectivity index (χ2v) is 12.7. The van der Waals surface area contributed by atoms with Gasteiger partial charge in [0.05, 0.1) is 17.4 Å². The molecule has 2 heterocycles. The van der Waals surface area contributed by atoms with Gasteiger partial charge in [0, 0.05) is 35.2 Å². The standard InChI is InChI=1S/C27H46N2O4/c1-11-13-28-23(3,4)15-19(16-24(28,5)6)27(21(30)31,22(32)33)20-17-25(7,8)29(14-12-2)26(9,10)18-20/h11-12,19-20H,1-2,13-18H2,3-10H3,(H,30,31)(H,32,33)/p-2. The van der Waals surface area contributed by atoms with Crippen LogP contribution < -0.4 is 10.2 Å². The number of piperidine rings is 2. The molecule has 2 fully saturated rings. The maximum absolute atomic E-state index is 12.9. The SMILES string of the molecule is C=CCN1C(C)(C)CC(C(C(=O)[O-])(C(=O)[O-])C2CC(C)(C)N(CC=C)C(C)(C)C2)CC1(C)C. The quantitative estimate of drug-likeness (QED) is 0.408. The smallest absolute Gasteiger partial charge is 0.0553 e. The molecule has 0 aromatic rings. The van der Waals surface area contributed by atoms with Crippen molar-refractivity contribution in [2.75, 3.05) is 13.1 Å². The molecule has 0 amide bonds. The predicted molar refractivity (Wildman–Crippen MR) is 128 cm³/mol. The lowest BCUT2D eigenvalue weighted by atomic mass is 9.53. The molecule has 0 aliphatic carbocycles. The Labute approximate surface area is 200 Å². The molecule has 0 N–H and O–H groups in total. The van der Waals surface area contributed by atoms with E-state index in [4.69, 9.17) is 0 Å². The number of carbonyl (C=O) groups excluding carboxylic acids is 2. The second kappa shape index (κ2) is 8.84. The molecule has 2 aliphatic rings. The van der Waals surface area contributed by atoms with Crippen LogP contribution in [0, 0.1) is 17.3 Å². The molecule has 0 radical (unpaired) electrons. The van der Waals surface area contributed by atoms with E-state index in [1.165, 1.54) is 0 Å². The highest BCUT2D eigenvalue weighted by molar-refractivity contribution is 5.97. The highest BCUT2D eigenvalue weighted by Crippen LogP contribution is 2.56. The van der Waals surface area contributed by atoms with Crippen molar-refractivity contribution >= 4 is 11.9 Å². The maximum atomic E-state index is 12.9. The molecular weight excluding hydrogens is 416 g/mol. The molecule has 0 unspecified atom stereocenters. The fraction of sp³-hybridized carbons (Fsp3) is 0.778. The summed E-state index contributed by atoms with van der Waals surface area (Å²) < 4.78 is 0. The number of hydrogen-bond acceptors (Lipinski definition) is 6. The van der Waals surface area contributed by atoms with Crippen molar-refractivity contribution in [1.82, 2.24) is 9.80 Å². The summed E-state index contributed by atoms with van der Waals surface area (Å²) in [5, 5.41) is 25.9. The van der Waals surface area contributed by atoms with Crippen LogP contribution >= 0.6 is 0 Å². The van der Waals surface area contributed by atoms with Crippen molar-refractivity contribution < 1.29 is 19.8 Å². The Kier molecular flexibility index (Phi) is 7.39. The Morgan fingerprint density at radius 1 is 0.727 bits per heavy atom. The average Bonchev–Trinajstić information content (AvgIpc) is 2.60. The first kappa shape index (κ1) is 27.6. The van der Waals surface area contributed by atoms with Crippen LogP contribution in [0.3, 0.4) is 0 Å². The number of carboxylic acid groups (broad SMARTS) is 2. The van der Waals surface area contributed by atoms with E-state index in [0.717, 1.165) is 0 Å². The number of carboxylic acids is 2. The molecule has 0 aromatic carbocycles. The van der Waals surface area contributed by atoms with E-state index in [-0.39, 0.29) is 0 Å². The summed E-state index contributed by atoms with van der Waals surface area (Å²) in [5.74, 6) is -4.24. The molecule has 33 heavy (non-hydrogen) atoms. The minimum atomic E-state index is -2.07. The van der Waals surface area contributed by atoms with Crippen LogP contribution in [-0.2, 0) is 9.59 Å².